The smallest absolute Gasteiger partial charge is 0.145 e. The molecule has 3 aromatic heterocycles. The van der Waals surface area contributed by atoms with Crippen LogP contribution in [0.3, 0.4) is 0 Å². The molecule has 4 heterocycles. The first-order chi connectivity index (χ1) is 15.9. The Hall–Kier alpha value is -1.97. The van der Waals surface area contributed by atoms with E-state index < -0.39 is 17.6 Å². The van der Waals surface area contributed by atoms with Gasteiger partial charge in [0.05, 0.1) is 27.5 Å². The highest BCUT2D eigenvalue weighted by Crippen LogP contribution is 2.51. The summed E-state index contributed by atoms with van der Waals surface area (Å²) in [5, 5.41) is 24.8. The van der Waals surface area contributed by atoms with E-state index in [2.05, 4.69) is 41.8 Å². The van der Waals surface area contributed by atoms with Crippen molar-refractivity contribution < 1.29 is 10.2 Å². The average molecular weight is 549 g/mol. The van der Waals surface area contributed by atoms with Crippen LogP contribution in [0.25, 0.3) is 21.9 Å². The van der Waals surface area contributed by atoms with Crippen molar-refractivity contribution in [3.63, 3.8) is 0 Å². The highest BCUT2D eigenvalue weighted by atomic mass is 79.9. The molecule has 0 amide bonds. The molecule has 0 bridgehead atoms. The van der Waals surface area contributed by atoms with Gasteiger partial charge in [-0.25, -0.2) is 15.0 Å². The highest BCUT2D eigenvalue weighted by Gasteiger charge is 2.56. The summed E-state index contributed by atoms with van der Waals surface area (Å²) in [6.45, 7) is 1.43. The van der Waals surface area contributed by atoms with Gasteiger partial charge in [-0.2, -0.15) is 0 Å². The molecule has 10 heteroatoms. The Labute approximate surface area is 208 Å². The molecule has 1 saturated heterocycles. The molecule has 7 nitrogen and oxygen atoms in total. The number of aliphatic hydroxyl groups is 2. The number of rotatable bonds is 2. The normalized spacial score (nSPS) is 27.4. The quantitative estimate of drug-likeness (QED) is 0.281. The monoisotopic (exact) mass is 547 g/mol. The zero-order valence-corrected chi connectivity index (χ0v) is 20.5. The molecule has 1 saturated carbocycles. The van der Waals surface area contributed by atoms with Crippen LogP contribution in [0.4, 0.5) is 5.69 Å². The predicted molar refractivity (Wildman–Crippen MR) is 132 cm³/mol. The lowest BCUT2D eigenvalue weighted by atomic mass is 9.83. The Morgan fingerprint density at radius 2 is 1.94 bits per heavy atom. The summed E-state index contributed by atoms with van der Waals surface area (Å²) in [6.07, 6.45) is 2.97. The van der Waals surface area contributed by atoms with Crippen LogP contribution in [0.2, 0.25) is 10.3 Å². The first kappa shape index (κ1) is 21.6. The van der Waals surface area contributed by atoms with Crippen LogP contribution in [-0.2, 0) is 0 Å². The maximum Gasteiger partial charge on any atom is 0.145 e. The summed E-state index contributed by atoms with van der Waals surface area (Å²) < 4.78 is 2.69. The third kappa shape index (κ3) is 3.34. The van der Waals surface area contributed by atoms with E-state index in [0.29, 0.717) is 28.9 Å². The van der Waals surface area contributed by atoms with Crippen molar-refractivity contribution in [2.24, 2.45) is 5.41 Å². The number of hydrogen-bond donors (Lipinski definition) is 2. The number of aromatic nitrogens is 4. The van der Waals surface area contributed by atoms with Gasteiger partial charge in [0, 0.05) is 35.8 Å². The van der Waals surface area contributed by atoms with Crippen molar-refractivity contribution in [2.45, 2.75) is 31.1 Å². The Bertz CT molecular complexity index is 1400. The fraction of sp³-hybridized carbons (Fsp3) is 0.348. The lowest BCUT2D eigenvalue weighted by molar-refractivity contribution is -0.0204. The van der Waals surface area contributed by atoms with Crippen molar-refractivity contribution >= 4 is 66.8 Å². The summed E-state index contributed by atoms with van der Waals surface area (Å²) in [7, 11) is 0. The maximum atomic E-state index is 11.2. The standard InChI is InChI=1S/C23H20BrCl2N5O2/c24-15-7-12-1-2-13(8-16(12)29-21(15)26)30-6-4-23(10-30)9-17(18(32)19(23)33)31-5-3-14-20(25)27-11-28-22(14)31/h1-3,5,7-8,11,17-19,32-33H,4,6,9-10H2. The number of anilines is 1. The van der Waals surface area contributed by atoms with Gasteiger partial charge in [-0.05, 0) is 53.0 Å². The van der Waals surface area contributed by atoms with Crippen LogP contribution in [0, 0.1) is 5.41 Å². The molecule has 4 aromatic rings. The van der Waals surface area contributed by atoms with Gasteiger partial charge in [-0.1, -0.05) is 29.3 Å². The van der Waals surface area contributed by atoms with Gasteiger partial charge < -0.3 is 19.7 Å². The van der Waals surface area contributed by atoms with E-state index >= 15 is 0 Å². The van der Waals surface area contributed by atoms with E-state index in [0.717, 1.165) is 39.4 Å². The van der Waals surface area contributed by atoms with E-state index in [1.165, 1.54) is 6.33 Å². The molecule has 170 valence electrons. The van der Waals surface area contributed by atoms with E-state index in [1.54, 1.807) is 0 Å². The number of aliphatic hydroxyl groups excluding tert-OH is 2. The van der Waals surface area contributed by atoms with Gasteiger partial charge in [-0.3, -0.25) is 0 Å². The fourth-order valence-corrected chi connectivity index (χ4v) is 6.20. The third-order valence-electron chi connectivity index (χ3n) is 7.24. The van der Waals surface area contributed by atoms with E-state index in [1.807, 2.05) is 35.0 Å². The summed E-state index contributed by atoms with van der Waals surface area (Å²) >= 11 is 15.8. The molecule has 2 fully saturated rings. The molecule has 0 radical (unpaired) electrons. The Morgan fingerprint density at radius 1 is 1.09 bits per heavy atom. The summed E-state index contributed by atoms with van der Waals surface area (Å²) in [6, 6.07) is 9.64. The van der Waals surface area contributed by atoms with Gasteiger partial charge in [0.2, 0.25) is 0 Å². The maximum absolute atomic E-state index is 11.2. The Morgan fingerprint density at radius 3 is 2.79 bits per heavy atom. The van der Waals surface area contributed by atoms with Gasteiger partial charge in [-0.15, -0.1) is 0 Å². The number of benzene rings is 1. The largest absolute Gasteiger partial charge is 0.390 e. The van der Waals surface area contributed by atoms with Crippen LogP contribution < -0.4 is 4.90 Å². The van der Waals surface area contributed by atoms with Crippen LogP contribution in [0.5, 0.6) is 0 Å². The van der Waals surface area contributed by atoms with Crippen molar-refractivity contribution in [2.75, 3.05) is 18.0 Å². The number of pyridine rings is 1. The van der Waals surface area contributed by atoms with Crippen LogP contribution in [-0.4, -0.2) is 55.0 Å². The summed E-state index contributed by atoms with van der Waals surface area (Å²) in [5.41, 5.74) is 2.10. The highest BCUT2D eigenvalue weighted by molar-refractivity contribution is 9.10. The summed E-state index contributed by atoms with van der Waals surface area (Å²) in [5.74, 6) is 0. The molecule has 2 aliphatic rings. The zero-order valence-electron chi connectivity index (χ0n) is 17.4. The van der Waals surface area contributed by atoms with E-state index in [-0.39, 0.29) is 6.04 Å². The molecule has 1 spiro atoms. The number of nitrogens with zero attached hydrogens (tertiary/aromatic N) is 5. The molecule has 1 aromatic carbocycles. The molecule has 4 atom stereocenters. The molecular weight excluding hydrogens is 529 g/mol. The van der Waals surface area contributed by atoms with Crippen LogP contribution in [0.15, 0.2) is 47.3 Å². The van der Waals surface area contributed by atoms with E-state index in [4.69, 9.17) is 23.2 Å². The third-order valence-corrected chi connectivity index (χ3v) is 8.66. The molecule has 33 heavy (non-hydrogen) atoms. The topological polar surface area (TPSA) is 87.3 Å². The first-order valence-corrected chi connectivity index (χ1v) is 12.3. The number of halogens is 3. The second-order valence-corrected chi connectivity index (χ2v) is 10.6. The minimum Gasteiger partial charge on any atom is -0.390 e. The minimum atomic E-state index is -0.899. The second kappa shape index (κ2) is 7.78. The lowest BCUT2D eigenvalue weighted by Gasteiger charge is -2.29. The number of hydrogen-bond acceptors (Lipinski definition) is 6. The van der Waals surface area contributed by atoms with Gasteiger partial charge in [0.25, 0.3) is 0 Å². The fourth-order valence-electron chi connectivity index (χ4n) is 5.53. The van der Waals surface area contributed by atoms with Gasteiger partial charge in [0.15, 0.2) is 0 Å². The van der Waals surface area contributed by atoms with Gasteiger partial charge in [0.1, 0.15) is 28.4 Å². The zero-order chi connectivity index (χ0) is 22.9. The molecular formula is C23H20BrCl2N5O2. The van der Waals surface area contributed by atoms with Crippen molar-refractivity contribution in [3.05, 3.63) is 57.6 Å². The first-order valence-electron chi connectivity index (χ1n) is 10.7. The Kier molecular flexibility index (Phi) is 5.08. The molecule has 1 aliphatic carbocycles. The molecule has 1 aliphatic heterocycles. The van der Waals surface area contributed by atoms with Crippen LogP contribution in [0.1, 0.15) is 18.9 Å². The predicted octanol–water partition coefficient (Wildman–Crippen LogP) is 4.61. The second-order valence-electron chi connectivity index (χ2n) is 9.00. The van der Waals surface area contributed by atoms with Crippen LogP contribution >= 0.6 is 39.1 Å². The van der Waals surface area contributed by atoms with E-state index in [9.17, 15) is 10.2 Å². The molecule has 2 N–H and O–H groups in total. The summed E-state index contributed by atoms with van der Waals surface area (Å²) in [4.78, 5) is 15.1. The minimum absolute atomic E-state index is 0.294. The van der Waals surface area contributed by atoms with Crippen molar-refractivity contribution in [1.29, 1.82) is 0 Å². The SMILES string of the molecule is OC1C(n2ccc3c(Cl)ncnc32)CC2(CCN(c3ccc4cc(Br)c(Cl)nc4c3)C2)C1O. The van der Waals surface area contributed by atoms with Crippen molar-refractivity contribution in [1.82, 2.24) is 19.5 Å². The average Bonchev–Trinajstić information content (AvgIpc) is 3.48. The van der Waals surface area contributed by atoms with Gasteiger partial charge >= 0.3 is 0 Å². The van der Waals surface area contributed by atoms with Crippen molar-refractivity contribution in [3.8, 4) is 0 Å². The molecule has 6 rings (SSSR count). The Balaban J connectivity index is 1.30. The lowest BCUT2D eigenvalue weighted by Crippen LogP contribution is -2.38. The molecule has 4 unspecified atom stereocenters. The number of fused-ring (bicyclic) bond motifs is 2.